The molecule has 106 valence electrons. The van der Waals surface area contributed by atoms with Crippen LogP contribution in [0.15, 0.2) is 48.5 Å². The molecule has 1 spiro atoms. The second kappa shape index (κ2) is 4.40. The Labute approximate surface area is 122 Å². The van der Waals surface area contributed by atoms with Crippen molar-refractivity contribution in [3.63, 3.8) is 0 Å². The van der Waals surface area contributed by atoms with E-state index in [2.05, 4.69) is 10.6 Å². The fourth-order valence-corrected chi connectivity index (χ4v) is 3.66. The van der Waals surface area contributed by atoms with Gasteiger partial charge in [0, 0.05) is 5.69 Å². The molecule has 2 atom stereocenters. The van der Waals surface area contributed by atoms with E-state index in [0.29, 0.717) is 0 Å². The summed E-state index contributed by atoms with van der Waals surface area (Å²) in [6, 6.07) is 14.1. The van der Waals surface area contributed by atoms with E-state index in [1.807, 2.05) is 24.3 Å². The van der Waals surface area contributed by atoms with Crippen molar-refractivity contribution in [3.05, 3.63) is 65.5 Å². The van der Waals surface area contributed by atoms with E-state index in [0.717, 1.165) is 29.8 Å². The van der Waals surface area contributed by atoms with Crippen LogP contribution in [0.5, 0.6) is 0 Å². The molecule has 1 fully saturated rings. The Balaban J connectivity index is 1.86. The molecule has 1 saturated heterocycles. The van der Waals surface area contributed by atoms with Crippen molar-refractivity contribution in [3.8, 4) is 0 Å². The van der Waals surface area contributed by atoms with Crippen LogP contribution in [0, 0.1) is 5.82 Å². The number of carbonyl (C=O) groups excluding carboxylic acids is 1. The van der Waals surface area contributed by atoms with E-state index < -0.39 is 5.41 Å². The summed E-state index contributed by atoms with van der Waals surface area (Å²) in [6.07, 6.45) is 0.748. The largest absolute Gasteiger partial charge is 0.325 e. The van der Waals surface area contributed by atoms with Crippen molar-refractivity contribution in [2.45, 2.75) is 17.9 Å². The second-order valence-corrected chi connectivity index (χ2v) is 5.66. The number of anilines is 1. The number of benzene rings is 2. The minimum absolute atomic E-state index is 0.0306. The van der Waals surface area contributed by atoms with E-state index in [1.54, 1.807) is 12.1 Å². The van der Waals surface area contributed by atoms with Gasteiger partial charge in [0.1, 0.15) is 5.82 Å². The molecule has 2 aliphatic rings. The molecule has 0 radical (unpaired) electrons. The quantitative estimate of drug-likeness (QED) is 0.844. The molecule has 2 aromatic rings. The summed E-state index contributed by atoms with van der Waals surface area (Å²) in [7, 11) is 0. The van der Waals surface area contributed by atoms with Gasteiger partial charge >= 0.3 is 0 Å². The maximum atomic E-state index is 13.2. The van der Waals surface area contributed by atoms with E-state index in [9.17, 15) is 9.18 Å². The molecule has 0 aromatic heterocycles. The minimum atomic E-state index is -0.589. The molecule has 2 aromatic carbocycles. The fourth-order valence-electron chi connectivity index (χ4n) is 3.66. The number of hydrogen-bond acceptors (Lipinski definition) is 2. The van der Waals surface area contributed by atoms with E-state index in [4.69, 9.17) is 0 Å². The molecule has 1 amide bonds. The Morgan fingerprint density at radius 3 is 2.67 bits per heavy atom. The molecular weight excluding hydrogens is 267 g/mol. The van der Waals surface area contributed by atoms with Gasteiger partial charge in [-0.05, 0) is 42.3 Å². The highest BCUT2D eigenvalue weighted by molar-refractivity contribution is 6.07. The molecule has 0 saturated carbocycles. The van der Waals surface area contributed by atoms with E-state index in [-0.39, 0.29) is 17.8 Å². The van der Waals surface area contributed by atoms with Crippen molar-refractivity contribution in [2.24, 2.45) is 0 Å². The van der Waals surface area contributed by atoms with Crippen LogP contribution in [0.25, 0.3) is 0 Å². The molecule has 0 bridgehead atoms. The predicted molar refractivity (Wildman–Crippen MR) is 78.5 cm³/mol. The van der Waals surface area contributed by atoms with Gasteiger partial charge in [-0.2, -0.15) is 0 Å². The van der Waals surface area contributed by atoms with Crippen LogP contribution in [0.4, 0.5) is 10.1 Å². The normalized spacial score (nSPS) is 26.9. The molecule has 0 aliphatic carbocycles. The SMILES string of the molecule is O=C1Nc2ccccc2[C@]12CCN[C@@H]2c1ccc(F)cc1. The third-order valence-electron chi connectivity index (χ3n) is 4.63. The summed E-state index contributed by atoms with van der Waals surface area (Å²) in [5.41, 5.74) is 2.28. The van der Waals surface area contributed by atoms with Crippen LogP contribution in [0.1, 0.15) is 23.6 Å². The third kappa shape index (κ3) is 1.66. The molecule has 2 aliphatic heterocycles. The highest BCUT2D eigenvalue weighted by atomic mass is 19.1. The number of fused-ring (bicyclic) bond motifs is 2. The molecule has 2 N–H and O–H groups in total. The Morgan fingerprint density at radius 1 is 1.10 bits per heavy atom. The summed E-state index contributed by atoms with van der Waals surface area (Å²) in [6.45, 7) is 0.768. The van der Waals surface area contributed by atoms with Gasteiger partial charge < -0.3 is 10.6 Å². The van der Waals surface area contributed by atoms with E-state index in [1.165, 1.54) is 12.1 Å². The lowest BCUT2D eigenvalue weighted by Gasteiger charge is -2.29. The average molecular weight is 282 g/mol. The first-order valence-corrected chi connectivity index (χ1v) is 7.11. The number of amides is 1. The van der Waals surface area contributed by atoms with Crippen LogP contribution in [-0.4, -0.2) is 12.5 Å². The van der Waals surface area contributed by atoms with Crippen molar-refractivity contribution < 1.29 is 9.18 Å². The third-order valence-corrected chi connectivity index (χ3v) is 4.63. The van der Waals surface area contributed by atoms with Crippen LogP contribution in [-0.2, 0) is 10.2 Å². The first-order valence-electron chi connectivity index (χ1n) is 7.11. The lowest BCUT2D eigenvalue weighted by atomic mass is 9.73. The smallest absolute Gasteiger partial charge is 0.237 e. The number of hydrogen-bond donors (Lipinski definition) is 2. The molecule has 2 heterocycles. The zero-order valence-electron chi connectivity index (χ0n) is 11.4. The molecule has 4 rings (SSSR count). The van der Waals surface area contributed by atoms with Crippen molar-refractivity contribution >= 4 is 11.6 Å². The van der Waals surface area contributed by atoms with Gasteiger partial charge in [-0.15, -0.1) is 0 Å². The van der Waals surface area contributed by atoms with Gasteiger partial charge in [0.15, 0.2) is 0 Å². The summed E-state index contributed by atoms with van der Waals surface area (Å²) in [5, 5.41) is 6.40. The van der Waals surface area contributed by atoms with Gasteiger partial charge in [-0.3, -0.25) is 4.79 Å². The fraction of sp³-hybridized carbons (Fsp3) is 0.235. The number of nitrogens with one attached hydrogen (secondary N) is 2. The average Bonchev–Trinajstić information content (AvgIpc) is 3.05. The first kappa shape index (κ1) is 12.5. The number of halogens is 1. The lowest BCUT2D eigenvalue weighted by molar-refractivity contribution is -0.121. The van der Waals surface area contributed by atoms with E-state index >= 15 is 0 Å². The van der Waals surface area contributed by atoms with Crippen molar-refractivity contribution in [2.75, 3.05) is 11.9 Å². The zero-order valence-corrected chi connectivity index (χ0v) is 11.4. The van der Waals surface area contributed by atoms with Crippen LogP contribution < -0.4 is 10.6 Å². The van der Waals surface area contributed by atoms with Gasteiger partial charge in [-0.1, -0.05) is 30.3 Å². The standard InChI is InChI=1S/C17H15FN2O/c18-12-7-5-11(6-8-12)15-17(9-10-19-15)13-3-1-2-4-14(13)20-16(17)21/h1-8,15,19H,9-10H2,(H,20,21)/t15-,17+/m1/s1. The lowest BCUT2D eigenvalue weighted by Crippen LogP contribution is -2.39. The molecule has 0 unspecified atom stereocenters. The van der Waals surface area contributed by atoms with Gasteiger partial charge in [0.05, 0.1) is 11.5 Å². The molecular formula is C17H15FN2O. The number of rotatable bonds is 1. The van der Waals surface area contributed by atoms with Crippen molar-refractivity contribution in [1.29, 1.82) is 0 Å². The topological polar surface area (TPSA) is 41.1 Å². The summed E-state index contributed by atoms with van der Waals surface area (Å²) in [4.78, 5) is 12.7. The Kier molecular flexibility index (Phi) is 2.62. The predicted octanol–water partition coefficient (Wildman–Crippen LogP) is 2.75. The molecule has 21 heavy (non-hydrogen) atoms. The van der Waals surface area contributed by atoms with Gasteiger partial charge in [0.25, 0.3) is 0 Å². The molecule has 4 heteroatoms. The van der Waals surface area contributed by atoms with Crippen LogP contribution >= 0.6 is 0 Å². The van der Waals surface area contributed by atoms with Gasteiger partial charge in [-0.25, -0.2) is 4.39 Å². The summed E-state index contributed by atoms with van der Waals surface area (Å²) in [5.74, 6) is -0.231. The highest BCUT2D eigenvalue weighted by Crippen LogP contribution is 2.50. The minimum Gasteiger partial charge on any atom is -0.325 e. The zero-order chi connectivity index (χ0) is 14.4. The molecule has 3 nitrogen and oxygen atoms in total. The Morgan fingerprint density at radius 2 is 1.86 bits per heavy atom. The maximum absolute atomic E-state index is 13.2. The van der Waals surface area contributed by atoms with Crippen LogP contribution in [0.2, 0.25) is 0 Å². The summed E-state index contributed by atoms with van der Waals surface area (Å²) < 4.78 is 13.2. The maximum Gasteiger partial charge on any atom is 0.237 e. The number of carbonyl (C=O) groups is 1. The summed E-state index contributed by atoms with van der Waals surface area (Å²) >= 11 is 0. The Bertz CT molecular complexity index is 713. The highest BCUT2D eigenvalue weighted by Gasteiger charge is 2.55. The first-order chi connectivity index (χ1) is 10.2. The second-order valence-electron chi connectivity index (χ2n) is 5.66. The van der Waals surface area contributed by atoms with Crippen molar-refractivity contribution in [1.82, 2.24) is 5.32 Å². The van der Waals surface area contributed by atoms with Crippen LogP contribution in [0.3, 0.4) is 0 Å². The monoisotopic (exact) mass is 282 g/mol. The van der Waals surface area contributed by atoms with Gasteiger partial charge in [0.2, 0.25) is 5.91 Å². The Hall–Kier alpha value is -2.20. The number of para-hydroxylation sites is 1.